The van der Waals surface area contributed by atoms with Gasteiger partial charge in [0.05, 0.1) is 26.4 Å². The van der Waals surface area contributed by atoms with Crippen molar-refractivity contribution in [2.45, 2.75) is 206 Å². The molecule has 0 fully saturated rings. The van der Waals surface area contributed by atoms with E-state index in [-0.39, 0.29) is 13.0 Å². The van der Waals surface area contributed by atoms with Gasteiger partial charge in [-0.25, -0.2) is 4.57 Å². The molecule has 0 saturated carbocycles. The Morgan fingerprint density at radius 1 is 0.516 bits per heavy atom. The maximum absolute atomic E-state index is 12.7. The van der Waals surface area contributed by atoms with Crippen molar-refractivity contribution in [2.75, 3.05) is 33.0 Å². The largest absolute Gasteiger partial charge is 0.472 e. The van der Waals surface area contributed by atoms with Crippen molar-refractivity contribution in [2.24, 2.45) is 0 Å². The lowest BCUT2D eigenvalue weighted by atomic mass is 10.1. The first-order valence-corrected chi connectivity index (χ1v) is 26.1. The zero-order chi connectivity index (χ0) is 45.3. The van der Waals surface area contributed by atoms with Crippen molar-refractivity contribution >= 4 is 13.8 Å². The molecule has 0 aromatic rings. The number of aliphatic hydroxyl groups is 2. The minimum absolute atomic E-state index is 0.00432. The van der Waals surface area contributed by atoms with Crippen LogP contribution in [-0.2, 0) is 27.9 Å². The van der Waals surface area contributed by atoms with Crippen LogP contribution in [0.1, 0.15) is 194 Å². The van der Waals surface area contributed by atoms with Gasteiger partial charge in [0.2, 0.25) is 0 Å². The van der Waals surface area contributed by atoms with Gasteiger partial charge in [-0.1, -0.05) is 189 Å². The second kappa shape index (κ2) is 48.1. The summed E-state index contributed by atoms with van der Waals surface area (Å²) < 4.78 is 33.4. The highest BCUT2D eigenvalue weighted by molar-refractivity contribution is 7.47. The summed E-state index contributed by atoms with van der Waals surface area (Å²) in [6.45, 7) is 3.24. The molecule has 0 aromatic carbocycles. The van der Waals surface area contributed by atoms with Crippen LogP contribution in [-0.4, -0.2) is 66.3 Å². The van der Waals surface area contributed by atoms with Crippen LogP contribution in [0.5, 0.6) is 0 Å². The van der Waals surface area contributed by atoms with E-state index in [0.29, 0.717) is 13.0 Å². The fourth-order valence-electron chi connectivity index (χ4n) is 6.37. The van der Waals surface area contributed by atoms with Crippen molar-refractivity contribution in [3.8, 4) is 0 Å². The smallest absolute Gasteiger partial charge is 0.457 e. The van der Waals surface area contributed by atoms with E-state index in [0.717, 1.165) is 70.6 Å². The number of phosphoric ester groups is 1. The minimum Gasteiger partial charge on any atom is -0.457 e. The number of allylic oxidation sites excluding steroid dienone is 14. The summed E-state index contributed by atoms with van der Waals surface area (Å²) in [5.74, 6) is -0.406. The predicted octanol–water partition coefficient (Wildman–Crippen LogP) is 14.3. The first kappa shape index (κ1) is 59.6. The molecule has 9 nitrogen and oxygen atoms in total. The fraction of sp³-hybridized carbons (Fsp3) is 0.712. The molecule has 0 spiro atoms. The van der Waals surface area contributed by atoms with Crippen LogP contribution in [0.4, 0.5) is 0 Å². The van der Waals surface area contributed by atoms with Gasteiger partial charge in [0.15, 0.2) is 0 Å². The summed E-state index contributed by atoms with van der Waals surface area (Å²) >= 11 is 0. The number of phosphoric acid groups is 1. The molecular formula is C52H91O9P. The van der Waals surface area contributed by atoms with Gasteiger partial charge in [0.25, 0.3) is 0 Å². The average Bonchev–Trinajstić information content (AvgIpc) is 3.26. The summed E-state index contributed by atoms with van der Waals surface area (Å²) in [5, 5.41) is 18.4. The number of hydrogen-bond acceptors (Lipinski definition) is 8. The highest BCUT2D eigenvalue weighted by atomic mass is 31.2. The lowest BCUT2D eigenvalue weighted by Crippen LogP contribution is -2.29. The van der Waals surface area contributed by atoms with Crippen LogP contribution < -0.4 is 0 Å². The van der Waals surface area contributed by atoms with Crippen molar-refractivity contribution < 1.29 is 43.0 Å². The molecule has 62 heavy (non-hydrogen) atoms. The van der Waals surface area contributed by atoms with Crippen molar-refractivity contribution in [1.82, 2.24) is 0 Å². The molecule has 0 saturated heterocycles. The molecule has 10 heteroatoms. The van der Waals surface area contributed by atoms with Crippen LogP contribution in [0, 0.1) is 0 Å². The normalized spacial score (nSPS) is 14.6. The number of ether oxygens (including phenoxy) is 2. The quantitative estimate of drug-likeness (QED) is 0.0236. The summed E-state index contributed by atoms with van der Waals surface area (Å²) in [4.78, 5) is 22.7. The molecule has 0 aromatic heterocycles. The summed E-state index contributed by atoms with van der Waals surface area (Å²) in [7, 11) is -4.54. The van der Waals surface area contributed by atoms with Crippen LogP contribution in [0.2, 0.25) is 0 Å². The Kier molecular flexibility index (Phi) is 46.3. The second-order valence-corrected chi connectivity index (χ2v) is 17.5. The van der Waals surface area contributed by atoms with Crippen LogP contribution in [0.15, 0.2) is 85.1 Å². The zero-order valence-corrected chi connectivity index (χ0v) is 40.2. The Morgan fingerprint density at radius 3 is 1.40 bits per heavy atom. The van der Waals surface area contributed by atoms with E-state index in [1.54, 1.807) is 0 Å². The number of unbranched alkanes of at least 4 members (excludes halogenated alkanes) is 18. The van der Waals surface area contributed by atoms with Gasteiger partial charge in [0.1, 0.15) is 12.2 Å². The Labute approximate surface area is 379 Å². The number of esters is 1. The van der Waals surface area contributed by atoms with Gasteiger partial charge in [-0.15, -0.1) is 0 Å². The number of rotatable bonds is 46. The zero-order valence-electron chi connectivity index (χ0n) is 39.3. The van der Waals surface area contributed by atoms with Gasteiger partial charge in [0, 0.05) is 13.0 Å². The highest BCUT2D eigenvalue weighted by Gasteiger charge is 2.26. The number of carbonyl (C=O) groups is 1. The van der Waals surface area contributed by atoms with Gasteiger partial charge in [-0.2, -0.15) is 0 Å². The molecule has 0 radical (unpaired) electrons. The van der Waals surface area contributed by atoms with E-state index in [1.165, 1.54) is 96.3 Å². The predicted molar refractivity (Wildman–Crippen MR) is 260 cm³/mol. The van der Waals surface area contributed by atoms with E-state index < -0.39 is 45.8 Å². The molecule has 0 aliphatic heterocycles. The standard InChI is InChI=1S/C52H91O9P/c1-3-5-7-9-11-13-15-17-19-21-23-25-26-28-30-32-34-36-38-40-42-44-52(55)61-51(49-60-62(56,57)59-47-50(54)46-53)48-58-45-43-41-39-37-35-33-31-29-27-24-22-20-18-16-14-12-10-8-6-4-2/h6,8,12,14,18,20-21,23-24,27,31,33,37,39,50-51,53-54H,3-5,7,9-11,13,15-17,19,22,25-26,28-30,32,34-36,38,40-49H2,1-2H3,(H,56,57)/b8-6-,14-12-,20-18-,23-21-,27-24-,33-31-,39-37-. The molecule has 3 unspecified atom stereocenters. The summed E-state index contributed by atoms with van der Waals surface area (Å²) in [6, 6.07) is 0. The topological polar surface area (TPSA) is 132 Å². The molecule has 3 N–H and O–H groups in total. The van der Waals surface area contributed by atoms with E-state index in [2.05, 4.69) is 98.9 Å². The van der Waals surface area contributed by atoms with Gasteiger partial charge >= 0.3 is 13.8 Å². The SMILES string of the molecule is CC/C=C\C/C=C\C/C=C\C/C=C\C/C=C\C/C=C\CCCOCC(COP(=O)(O)OCC(O)CO)OC(=O)CCCCCCCCCCC/C=C\CCCCCCCCCC. The Hall–Kier alpha value is -2.36. The third-order valence-electron chi connectivity index (χ3n) is 10.1. The Balaban J connectivity index is 4.22. The first-order chi connectivity index (χ1) is 30.3. The van der Waals surface area contributed by atoms with Crippen LogP contribution in [0.3, 0.4) is 0 Å². The number of hydrogen-bond donors (Lipinski definition) is 3. The third-order valence-corrected chi connectivity index (χ3v) is 11.0. The number of aliphatic hydroxyl groups excluding tert-OH is 2. The van der Waals surface area contributed by atoms with Gasteiger partial charge in [-0.3, -0.25) is 13.8 Å². The first-order valence-electron chi connectivity index (χ1n) is 24.6. The lowest BCUT2D eigenvalue weighted by Gasteiger charge is -2.20. The summed E-state index contributed by atoms with van der Waals surface area (Å²) in [6.07, 6.45) is 59.9. The lowest BCUT2D eigenvalue weighted by molar-refractivity contribution is -0.154. The highest BCUT2D eigenvalue weighted by Crippen LogP contribution is 2.43. The van der Waals surface area contributed by atoms with Crippen LogP contribution in [0.25, 0.3) is 0 Å². The van der Waals surface area contributed by atoms with Gasteiger partial charge < -0.3 is 24.6 Å². The molecule has 0 amide bonds. The Bertz CT molecular complexity index is 1240. The third kappa shape index (κ3) is 47.1. The Morgan fingerprint density at radius 2 is 0.919 bits per heavy atom. The molecule has 3 atom stereocenters. The second-order valence-electron chi connectivity index (χ2n) is 16.1. The van der Waals surface area contributed by atoms with Crippen molar-refractivity contribution in [1.29, 1.82) is 0 Å². The van der Waals surface area contributed by atoms with E-state index in [1.807, 2.05) is 0 Å². The molecule has 0 heterocycles. The maximum Gasteiger partial charge on any atom is 0.472 e. The maximum atomic E-state index is 12.7. The summed E-state index contributed by atoms with van der Waals surface area (Å²) in [5.41, 5.74) is 0. The average molecular weight is 891 g/mol. The van der Waals surface area contributed by atoms with Crippen molar-refractivity contribution in [3.63, 3.8) is 0 Å². The van der Waals surface area contributed by atoms with E-state index in [4.69, 9.17) is 23.6 Å². The molecule has 0 rings (SSSR count). The van der Waals surface area contributed by atoms with E-state index in [9.17, 15) is 19.4 Å². The molecule has 0 aliphatic carbocycles. The minimum atomic E-state index is -4.54. The van der Waals surface area contributed by atoms with E-state index >= 15 is 0 Å². The van der Waals surface area contributed by atoms with Crippen molar-refractivity contribution in [3.05, 3.63) is 85.1 Å². The monoisotopic (exact) mass is 891 g/mol. The molecule has 0 bridgehead atoms. The fourth-order valence-corrected chi connectivity index (χ4v) is 7.16. The van der Waals surface area contributed by atoms with Crippen LogP contribution >= 0.6 is 7.82 Å². The molecule has 0 aliphatic rings. The number of carbonyl (C=O) groups excluding carboxylic acids is 1. The molecular weight excluding hydrogens is 800 g/mol. The van der Waals surface area contributed by atoms with Gasteiger partial charge in [-0.05, 0) is 83.5 Å². The molecule has 358 valence electrons.